The third kappa shape index (κ3) is 3.17. The molecule has 5 nitrogen and oxygen atoms in total. The number of anilines is 2. The molecule has 0 saturated heterocycles. The van der Waals surface area contributed by atoms with E-state index in [2.05, 4.69) is 0 Å². The van der Waals surface area contributed by atoms with Gasteiger partial charge in [0.25, 0.3) is 0 Å². The van der Waals surface area contributed by atoms with E-state index in [1.165, 1.54) is 12.1 Å². The van der Waals surface area contributed by atoms with Gasteiger partial charge in [-0.1, -0.05) is 0 Å². The van der Waals surface area contributed by atoms with Crippen LogP contribution in [0.3, 0.4) is 0 Å². The molecule has 0 fully saturated rings. The average Bonchev–Trinajstić information content (AvgIpc) is 2.33. The molecule has 2 rings (SSSR count). The second-order valence-electron chi connectivity index (χ2n) is 4.15. The molecule has 0 aliphatic carbocycles. The molecule has 4 N–H and O–H groups in total. The van der Waals surface area contributed by atoms with Gasteiger partial charge >= 0.3 is 0 Å². The minimum atomic E-state index is -3.41. The van der Waals surface area contributed by atoms with Gasteiger partial charge in [0, 0.05) is 17.6 Å². The summed E-state index contributed by atoms with van der Waals surface area (Å²) >= 11 is 0. The van der Waals surface area contributed by atoms with Crippen molar-refractivity contribution < 1.29 is 13.2 Å². The van der Waals surface area contributed by atoms with Crippen LogP contribution in [0.1, 0.15) is 0 Å². The lowest BCUT2D eigenvalue weighted by Crippen LogP contribution is -2.01. The van der Waals surface area contributed by atoms with Crippen molar-refractivity contribution in [1.82, 2.24) is 0 Å². The van der Waals surface area contributed by atoms with E-state index in [4.69, 9.17) is 16.2 Å². The first-order valence-electron chi connectivity index (χ1n) is 5.49. The Kier molecular flexibility index (Phi) is 3.35. The predicted octanol–water partition coefficient (Wildman–Crippen LogP) is 2.05. The Morgan fingerprint density at radius 3 is 2.11 bits per heavy atom. The average molecular weight is 278 g/mol. The molecule has 0 aromatic heterocycles. The van der Waals surface area contributed by atoms with Crippen LogP contribution in [0.2, 0.25) is 0 Å². The van der Waals surface area contributed by atoms with Gasteiger partial charge < -0.3 is 16.2 Å². The van der Waals surface area contributed by atoms with E-state index in [0.717, 1.165) is 6.26 Å². The fourth-order valence-electron chi connectivity index (χ4n) is 1.56. The van der Waals surface area contributed by atoms with Crippen molar-refractivity contribution in [3.05, 3.63) is 42.5 Å². The topological polar surface area (TPSA) is 95.4 Å². The lowest BCUT2D eigenvalue weighted by atomic mass is 10.3. The second-order valence-corrected chi connectivity index (χ2v) is 6.13. The molecule has 2 aromatic rings. The number of benzene rings is 2. The highest BCUT2D eigenvalue weighted by atomic mass is 32.2. The fourth-order valence-corrected chi connectivity index (χ4v) is 2.39. The zero-order valence-corrected chi connectivity index (χ0v) is 11.1. The van der Waals surface area contributed by atoms with Crippen LogP contribution in [-0.2, 0) is 9.84 Å². The summed E-state index contributed by atoms with van der Waals surface area (Å²) in [5.41, 5.74) is 12.1. The van der Waals surface area contributed by atoms with Gasteiger partial charge in [-0.15, -0.1) is 0 Å². The number of rotatable bonds is 3. The quantitative estimate of drug-likeness (QED) is 0.838. The standard InChI is InChI=1S/C13H14N2O3S/c1-19(16,17)13-8-10(15)4-7-12(13)18-11-5-2-9(14)3-6-11/h2-8H,14-15H2,1H3. The summed E-state index contributed by atoms with van der Waals surface area (Å²) in [6, 6.07) is 11.2. The highest BCUT2D eigenvalue weighted by Gasteiger charge is 2.15. The molecule has 0 heterocycles. The molecule has 0 atom stereocenters. The molecule has 100 valence electrons. The van der Waals surface area contributed by atoms with Crippen LogP contribution in [0.25, 0.3) is 0 Å². The van der Waals surface area contributed by atoms with Crippen LogP contribution in [-0.4, -0.2) is 14.7 Å². The van der Waals surface area contributed by atoms with E-state index < -0.39 is 9.84 Å². The zero-order chi connectivity index (χ0) is 14.0. The van der Waals surface area contributed by atoms with Crippen molar-refractivity contribution in [2.24, 2.45) is 0 Å². The fraction of sp³-hybridized carbons (Fsp3) is 0.0769. The lowest BCUT2D eigenvalue weighted by Gasteiger charge is -2.10. The van der Waals surface area contributed by atoms with Crippen LogP contribution in [0, 0.1) is 0 Å². The molecule has 0 amide bonds. The molecule has 0 saturated carbocycles. The molecule has 0 unspecified atom stereocenters. The molecule has 0 aliphatic heterocycles. The van der Waals surface area contributed by atoms with Crippen molar-refractivity contribution in [2.45, 2.75) is 4.90 Å². The summed E-state index contributed by atoms with van der Waals surface area (Å²) in [6.07, 6.45) is 1.11. The third-order valence-corrected chi connectivity index (χ3v) is 3.59. The van der Waals surface area contributed by atoms with Crippen molar-refractivity contribution in [3.63, 3.8) is 0 Å². The van der Waals surface area contributed by atoms with E-state index >= 15 is 0 Å². The van der Waals surface area contributed by atoms with Crippen LogP contribution in [0.5, 0.6) is 11.5 Å². The number of nitrogens with two attached hydrogens (primary N) is 2. The van der Waals surface area contributed by atoms with Gasteiger partial charge in [0.2, 0.25) is 0 Å². The molecular formula is C13H14N2O3S. The van der Waals surface area contributed by atoms with Crippen LogP contribution < -0.4 is 16.2 Å². The largest absolute Gasteiger partial charge is 0.456 e. The molecule has 0 radical (unpaired) electrons. The Balaban J connectivity index is 2.43. The number of hydrogen-bond acceptors (Lipinski definition) is 5. The minimum absolute atomic E-state index is 0.0596. The first-order chi connectivity index (χ1) is 8.86. The number of sulfone groups is 1. The first-order valence-corrected chi connectivity index (χ1v) is 7.38. The molecule has 2 aromatic carbocycles. The van der Waals surface area contributed by atoms with E-state index in [0.29, 0.717) is 17.1 Å². The minimum Gasteiger partial charge on any atom is -0.456 e. The van der Waals surface area contributed by atoms with Gasteiger partial charge in [-0.3, -0.25) is 0 Å². The Morgan fingerprint density at radius 1 is 0.947 bits per heavy atom. The maximum Gasteiger partial charge on any atom is 0.179 e. The van der Waals surface area contributed by atoms with Gasteiger partial charge in [0.1, 0.15) is 16.4 Å². The summed E-state index contributed by atoms with van der Waals surface area (Å²) in [4.78, 5) is 0.0596. The SMILES string of the molecule is CS(=O)(=O)c1cc(N)ccc1Oc1ccc(N)cc1. The maximum atomic E-state index is 11.7. The molecular weight excluding hydrogens is 264 g/mol. The Morgan fingerprint density at radius 2 is 1.53 bits per heavy atom. The summed E-state index contributed by atoms with van der Waals surface area (Å²) in [7, 11) is -3.41. The van der Waals surface area contributed by atoms with E-state index in [-0.39, 0.29) is 10.6 Å². The first kappa shape index (κ1) is 13.2. The highest BCUT2D eigenvalue weighted by Crippen LogP contribution is 2.30. The van der Waals surface area contributed by atoms with Gasteiger partial charge in [0.05, 0.1) is 0 Å². The number of ether oxygens (including phenoxy) is 1. The lowest BCUT2D eigenvalue weighted by molar-refractivity contribution is 0.468. The molecule has 0 spiro atoms. The zero-order valence-electron chi connectivity index (χ0n) is 10.3. The Hall–Kier alpha value is -2.21. The third-order valence-electron chi connectivity index (χ3n) is 2.48. The van der Waals surface area contributed by atoms with Crippen molar-refractivity contribution in [2.75, 3.05) is 17.7 Å². The van der Waals surface area contributed by atoms with Gasteiger partial charge in [0.15, 0.2) is 9.84 Å². The normalized spacial score (nSPS) is 11.2. The van der Waals surface area contributed by atoms with Crippen LogP contribution >= 0.6 is 0 Å². The van der Waals surface area contributed by atoms with Gasteiger partial charge in [-0.05, 0) is 42.5 Å². The summed E-state index contributed by atoms with van der Waals surface area (Å²) in [6.45, 7) is 0. The van der Waals surface area contributed by atoms with Gasteiger partial charge in [-0.25, -0.2) is 8.42 Å². The summed E-state index contributed by atoms with van der Waals surface area (Å²) < 4.78 is 28.9. The van der Waals surface area contributed by atoms with Gasteiger partial charge in [-0.2, -0.15) is 0 Å². The molecule has 19 heavy (non-hydrogen) atoms. The second kappa shape index (κ2) is 4.81. The van der Waals surface area contributed by atoms with Crippen molar-refractivity contribution >= 4 is 21.2 Å². The van der Waals surface area contributed by atoms with Crippen molar-refractivity contribution in [1.29, 1.82) is 0 Å². The van der Waals surface area contributed by atoms with E-state index in [1.54, 1.807) is 30.3 Å². The monoisotopic (exact) mass is 278 g/mol. The number of nitrogen functional groups attached to an aromatic ring is 2. The number of hydrogen-bond donors (Lipinski definition) is 2. The molecule has 0 bridgehead atoms. The Bertz CT molecular complexity index is 694. The Labute approximate surface area is 111 Å². The summed E-state index contributed by atoms with van der Waals surface area (Å²) in [5.74, 6) is 0.741. The highest BCUT2D eigenvalue weighted by molar-refractivity contribution is 7.90. The van der Waals surface area contributed by atoms with Crippen molar-refractivity contribution in [3.8, 4) is 11.5 Å². The molecule has 6 heteroatoms. The van der Waals surface area contributed by atoms with E-state index in [9.17, 15) is 8.42 Å². The van der Waals surface area contributed by atoms with Crippen LogP contribution in [0.15, 0.2) is 47.4 Å². The smallest absolute Gasteiger partial charge is 0.179 e. The maximum absolute atomic E-state index is 11.7. The summed E-state index contributed by atoms with van der Waals surface area (Å²) in [5, 5.41) is 0. The predicted molar refractivity (Wildman–Crippen MR) is 74.9 cm³/mol. The van der Waals surface area contributed by atoms with E-state index in [1.807, 2.05) is 0 Å². The van der Waals surface area contributed by atoms with Crippen LogP contribution in [0.4, 0.5) is 11.4 Å². The molecule has 0 aliphatic rings.